The normalized spacial score (nSPS) is 10.7. The van der Waals surface area contributed by atoms with Gasteiger partial charge in [0.15, 0.2) is 0 Å². The monoisotopic (exact) mass is 297 g/mol. The zero-order valence-corrected chi connectivity index (χ0v) is 13.5. The minimum absolute atomic E-state index is 0.290. The highest BCUT2D eigenvalue weighted by molar-refractivity contribution is 5.35. The average molecular weight is 297 g/mol. The molecule has 0 aliphatic carbocycles. The molecule has 0 aliphatic rings. The number of anilines is 2. The van der Waals surface area contributed by atoms with Crippen LogP contribution in [0.2, 0.25) is 0 Å². The van der Waals surface area contributed by atoms with Crippen LogP contribution in [-0.4, -0.2) is 47.9 Å². The third-order valence-corrected chi connectivity index (χ3v) is 2.64. The van der Waals surface area contributed by atoms with E-state index >= 15 is 0 Å². The van der Waals surface area contributed by atoms with Crippen LogP contribution in [0.5, 0.6) is 6.01 Å². The predicted octanol–water partition coefficient (Wildman–Crippen LogP) is 2.32. The third kappa shape index (κ3) is 7.65. The summed E-state index contributed by atoms with van der Waals surface area (Å²) >= 11 is 0. The Labute approximate surface area is 126 Å². The largest absolute Gasteiger partial charge is 0.467 e. The van der Waals surface area contributed by atoms with Crippen molar-refractivity contribution in [1.29, 1.82) is 0 Å². The lowest BCUT2D eigenvalue weighted by atomic mass is 10.3. The van der Waals surface area contributed by atoms with E-state index in [1.165, 1.54) is 0 Å². The van der Waals surface area contributed by atoms with Gasteiger partial charge < -0.3 is 20.1 Å². The highest BCUT2D eigenvalue weighted by Crippen LogP contribution is 2.10. The second kappa shape index (κ2) is 10.1. The maximum Gasteiger partial charge on any atom is 0.322 e. The van der Waals surface area contributed by atoms with E-state index in [1.54, 1.807) is 7.11 Å². The van der Waals surface area contributed by atoms with Gasteiger partial charge in [-0.2, -0.15) is 15.0 Å². The first-order chi connectivity index (χ1) is 10.2. The molecule has 0 bridgehead atoms. The summed E-state index contributed by atoms with van der Waals surface area (Å²) in [6.45, 7) is 8.56. The van der Waals surface area contributed by atoms with Gasteiger partial charge in [-0.1, -0.05) is 6.92 Å². The summed E-state index contributed by atoms with van der Waals surface area (Å²) in [5, 5.41) is 6.32. The van der Waals surface area contributed by atoms with Gasteiger partial charge in [-0.15, -0.1) is 0 Å². The van der Waals surface area contributed by atoms with Crippen LogP contribution in [-0.2, 0) is 4.74 Å². The van der Waals surface area contributed by atoms with E-state index < -0.39 is 0 Å². The van der Waals surface area contributed by atoms with E-state index in [-0.39, 0.29) is 6.10 Å². The topological polar surface area (TPSA) is 81.2 Å². The molecule has 0 saturated carbocycles. The number of unbranched alkanes of at least 4 members (excludes halogenated alkanes) is 1. The van der Waals surface area contributed by atoms with Gasteiger partial charge in [0.2, 0.25) is 11.9 Å². The molecule has 120 valence electrons. The molecular formula is C14H27N5O2. The highest BCUT2D eigenvalue weighted by atomic mass is 16.5. The molecule has 0 unspecified atom stereocenters. The lowest BCUT2D eigenvalue weighted by Gasteiger charge is -2.10. The van der Waals surface area contributed by atoms with Gasteiger partial charge >= 0.3 is 6.01 Å². The van der Waals surface area contributed by atoms with Crippen molar-refractivity contribution in [2.75, 3.05) is 37.4 Å². The van der Waals surface area contributed by atoms with Gasteiger partial charge in [0, 0.05) is 19.7 Å². The lowest BCUT2D eigenvalue weighted by molar-refractivity contribution is 0.0765. The summed E-state index contributed by atoms with van der Waals surface area (Å²) in [5.41, 5.74) is 0. The third-order valence-electron chi connectivity index (χ3n) is 2.64. The molecular weight excluding hydrogens is 270 g/mol. The smallest absolute Gasteiger partial charge is 0.322 e. The SMILES string of the molecule is CCCNc1nc(NCCCCOC(C)C)nc(OC)n1. The molecule has 1 heterocycles. The summed E-state index contributed by atoms with van der Waals surface area (Å²) in [7, 11) is 1.55. The molecule has 0 amide bonds. The van der Waals surface area contributed by atoms with Crippen LogP contribution in [0, 0.1) is 0 Å². The summed E-state index contributed by atoms with van der Waals surface area (Å²) in [6, 6.07) is 0.314. The van der Waals surface area contributed by atoms with E-state index in [1.807, 2.05) is 13.8 Å². The van der Waals surface area contributed by atoms with Crippen LogP contribution in [0.25, 0.3) is 0 Å². The molecule has 2 N–H and O–H groups in total. The van der Waals surface area contributed by atoms with Crippen LogP contribution < -0.4 is 15.4 Å². The molecule has 1 aromatic rings. The van der Waals surface area contributed by atoms with E-state index in [0.717, 1.165) is 39.0 Å². The fraction of sp³-hybridized carbons (Fsp3) is 0.786. The molecule has 0 fully saturated rings. The molecule has 0 aromatic carbocycles. The Bertz CT molecular complexity index is 401. The molecule has 1 rings (SSSR count). The standard InChI is InChI=1S/C14H27N5O2/c1-5-8-15-12-17-13(19-14(18-12)20-4)16-9-6-7-10-21-11(2)3/h11H,5-10H2,1-4H3,(H2,15,16,17,18,19). The minimum atomic E-state index is 0.290. The Hall–Kier alpha value is -1.63. The quantitative estimate of drug-likeness (QED) is 0.607. The summed E-state index contributed by atoms with van der Waals surface area (Å²) in [4.78, 5) is 12.6. The Morgan fingerprint density at radius 2 is 1.67 bits per heavy atom. The number of rotatable bonds is 11. The van der Waals surface area contributed by atoms with Crippen LogP contribution in [0.3, 0.4) is 0 Å². The van der Waals surface area contributed by atoms with E-state index in [0.29, 0.717) is 17.9 Å². The van der Waals surface area contributed by atoms with Gasteiger partial charge in [0.05, 0.1) is 13.2 Å². The molecule has 7 heteroatoms. The van der Waals surface area contributed by atoms with Crippen LogP contribution in [0.1, 0.15) is 40.0 Å². The molecule has 0 aliphatic heterocycles. The molecule has 0 saturated heterocycles. The van der Waals surface area contributed by atoms with E-state index in [9.17, 15) is 0 Å². The Morgan fingerprint density at radius 1 is 1.00 bits per heavy atom. The van der Waals surface area contributed by atoms with Crippen molar-refractivity contribution in [3.63, 3.8) is 0 Å². The van der Waals surface area contributed by atoms with Crippen LogP contribution in [0.4, 0.5) is 11.9 Å². The second-order valence-electron chi connectivity index (χ2n) is 4.95. The second-order valence-corrected chi connectivity index (χ2v) is 4.95. The molecule has 7 nitrogen and oxygen atoms in total. The molecule has 1 aromatic heterocycles. The first-order valence-corrected chi connectivity index (χ1v) is 7.55. The number of hydrogen-bond acceptors (Lipinski definition) is 7. The van der Waals surface area contributed by atoms with Crippen LogP contribution in [0.15, 0.2) is 0 Å². The molecule has 21 heavy (non-hydrogen) atoms. The summed E-state index contributed by atoms with van der Waals surface area (Å²) in [6.07, 6.45) is 3.30. The molecule has 0 radical (unpaired) electrons. The number of hydrogen-bond donors (Lipinski definition) is 2. The Kier molecular flexibility index (Phi) is 8.42. The first kappa shape index (κ1) is 17.4. The lowest BCUT2D eigenvalue weighted by Crippen LogP contribution is -2.12. The van der Waals surface area contributed by atoms with Gasteiger partial charge in [0.1, 0.15) is 0 Å². The van der Waals surface area contributed by atoms with E-state index in [2.05, 4.69) is 32.5 Å². The maximum absolute atomic E-state index is 5.49. The summed E-state index contributed by atoms with van der Waals surface area (Å²) < 4.78 is 10.6. The number of nitrogens with one attached hydrogen (secondary N) is 2. The summed E-state index contributed by atoms with van der Waals surface area (Å²) in [5.74, 6) is 1.07. The van der Waals surface area contributed by atoms with Gasteiger partial charge in [-0.3, -0.25) is 0 Å². The van der Waals surface area contributed by atoms with Gasteiger partial charge in [-0.25, -0.2) is 0 Å². The van der Waals surface area contributed by atoms with Crippen molar-refractivity contribution < 1.29 is 9.47 Å². The van der Waals surface area contributed by atoms with Crippen molar-refractivity contribution >= 4 is 11.9 Å². The maximum atomic E-state index is 5.49. The zero-order chi connectivity index (χ0) is 15.5. The zero-order valence-electron chi connectivity index (χ0n) is 13.5. The molecule has 0 atom stereocenters. The van der Waals surface area contributed by atoms with Crippen molar-refractivity contribution in [3.8, 4) is 6.01 Å². The Morgan fingerprint density at radius 3 is 2.24 bits per heavy atom. The Balaban J connectivity index is 2.39. The fourth-order valence-corrected chi connectivity index (χ4v) is 1.59. The van der Waals surface area contributed by atoms with Crippen molar-refractivity contribution in [2.45, 2.75) is 46.1 Å². The highest BCUT2D eigenvalue weighted by Gasteiger charge is 2.05. The van der Waals surface area contributed by atoms with Crippen molar-refractivity contribution in [2.24, 2.45) is 0 Å². The molecule has 0 spiro atoms. The van der Waals surface area contributed by atoms with Gasteiger partial charge in [0.25, 0.3) is 0 Å². The number of methoxy groups -OCH3 is 1. The van der Waals surface area contributed by atoms with Crippen molar-refractivity contribution in [1.82, 2.24) is 15.0 Å². The predicted molar refractivity (Wildman–Crippen MR) is 84.0 cm³/mol. The first-order valence-electron chi connectivity index (χ1n) is 7.55. The minimum Gasteiger partial charge on any atom is -0.467 e. The average Bonchev–Trinajstić information content (AvgIpc) is 2.48. The van der Waals surface area contributed by atoms with Crippen LogP contribution >= 0.6 is 0 Å². The van der Waals surface area contributed by atoms with Gasteiger partial charge in [-0.05, 0) is 33.1 Å². The fourth-order valence-electron chi connectivity index (χ4n) is 1.59. The van der Waals surface area contributed by atoms with E-state index in [4.69, 9.17) is 9.47 Å². The number of nitrogens with zero attached hydrogens (tertiary/aromatic N) is 3. The van der Waals surface area contributed by atoms with Crippen molar-refractivity contribution in [3.05, 3.63) is 0 Å². The number of aromatic nitrogens is 3. The number of ether oxygens (including phenoxy) is 2.